The lowest BCUT2D eigenvalue weighted by molar-refractivity contribution is -0.140. The molecule has 0 spiro atoms. The summed E-state index contributed by atoms with van der Waals surface area (Å²) in [5.74, 6) is -1.31. The Hall–Kier alpha value is -1.56. The average Bonchev–Trinajstić information content (AvgIpc) is 2.99. The molecule has 6 heteroatoms. The van der Waals surface area contributed by atoms with E-state index in [4.69, 9.17) is 5.11 Å². The lowest BCUT2D eigenvalue weighted by Gasteiger charge is -2.27. The van der Waals surface area contributed by atoms with Crippen LogP contribution in [0.3, 0.4) is 0 Å². The maximum Gasteiger partial charge on any atom is 0.317 e. The molecule has 112 valence electrons. The van der Waals surface area contributed by atoms with Crippen molar-refractivity contribution in [3.63, 3.8) is 0 Å². The number of hydrogen-bond acceptors (Lipinski definition) is 3. The van der Waals surface area contributed by atoms with Gasteiger partial charge >= 0.3 is 12.0 Å². The SMILES string of the molecule is CN(CC1CCCN1C)C(=O)NC1C=CC(C(=O)O)C1. The topological polar surface area (TPSA) is 72.9 Å². The first kappa shape index (κ1) is 14.8. The molecule has 0 aromatic rings. The predicted molar refractivity (Wildman–Crippen MR) is 75.5 cm³/mol. The molecule has 1 aliphatic carbocycles. The molecule has 2 N–H and O–H groups in total. The Labute approximate surface area is 119 Å². The van der Waals surface area contributed by atoms with Gasteiger partial charge in [0.1, 0.15) is 0 Å². The molecule has 6 nitrogen and oxygen atoms in total. The number of aliphatic carboxylic acids is 1. The third kappa shape index (κ3) is 3.50. The van der Waals surface area contributed by atoms with Crippen molar-refractivity contribution in [1.82, 2.24) is 15.1 Å². The Kier molecular flexibility index (Phi) is 4.65. The summed E-state index contributed by atoms with van der Waals surface area (Å²) in [5, 5.41) is 11.8. The van der Waals surface area contributed by atoms with E-state index < -0.39 is 11.9 Å². The summed E-state index contributed by atoms with van der Waals surface area (Å²) in [5.41, 5.74) is 0. The summed E-state index contributed by atoms with van der Waals surface area (Å²) in [6.45, 7) is 1.80. The lowest BCUT2D eigenvalue weighted by Crippen LogP contribution is -2.46. The van der Waals surface area contributed by atoms with Crippen LogP contribution in [-0.4, -0.2) is 66.2 Å². The normalized spacial score (nSPS) is 29.6. The third-order valence-corrected chi connectivity index (χ3v) is 4.21. The van der Waals surface area contributed by atoms with Gasteiger partial charge in [0.25, 0.3) is 0 Å². The number of hydrogen-bond donors (Lipinski definition) is 2. The number of urea groups is 1. The van der Waals surface area contributed by atoms with Gasteiger partial charge in [0.15, 0.2) is 0 Å². The molecule has 1 fully saturated rings. The van der Waals surface area contributed by atoms with Crippen molar-refractivity contribution in [1.29, 1.82) is 0 Å². The molecule has 20 heavy (non-hydrogen) atoms. The van der Waals surface area contributed by atoms with Gasteiger partial charge in [-0.05, 0) is 32.9 Å². The molecule has 2 aliphatic rings. The van der Waals surface area contributed by atoms with Crippen LogP contribution in [0.25, 0.3) is 0 Å². The first-order valence-corrected chi connectivity index (χ1v) is 7.10. The molecule has 2 rings (SSSR count). The Balaban J connectivity index is 1.77. The van der Waals surface area contributed by atoms with Crippen LogP contribution in [0.5, 0.6) is 0 Å². The number of nitrogens with one attached hydrogen (secondary N) is 1. The molecule has 1 heterocycles. The van der Waals surface area contributed by atoms with E-state index in [9.17, 15) is 9.59 Å². The van der Waals surface area contributed by atoms with E-state index in [2.05, 4.69) is 17.3 Å². The fourth-order valence-corrected chi connectivity index (χ4v) is 2.87. The minimum Gasteiger partial charge on any atom is -0.481 e. The van der Waals surface area contributed by atoms with E-state index in [1.54, 1.807) is 24.1 Å². The maximum absolute atomic E-state index is 12.1. The van der Waals surface area contributed by atoms with E-state index in [1.165, 1.54) is 6.42 Å². The molecule has 1 saturated heterocycles. The number of carbonyl (C=O) groups excluding carboxylic acids is 1. The Bertz CT molecular complexity index is 410. The summed E-state index contributed by atoms with van der Waals surface area (Å²) in [6, 6.07) is 0.120. The zero-order chi connectivity index (χ0) is 14.7. The van der Waals surface area contributed by atoms with Crippen LogP contribution in [0, 0.1) is 5.92 Å². The summed E-state index contributed by atoms with van der Waals surface area (Å²) in [7, 11) is 3.87. The summed E-state index contributed by atoms with van der Waals surface area (Å²) >= 11 is 0. The van der Waals surface area contributed by atoms with E-state index in [0.29, 0.717) is 19.0 Å². The van der Waals surface area contributed by atoms with E-state index in [1.807, 2.05) is 0 Å². The number of carboxylic acids is 1. The molecule has 3 atom stereocenters. The van der Waals surface area contributed by atoms with Crippen LogP contribution < -0.4 is 5.32 Å². The van der Waals surface area contributed by atoms with Crippen molar-refractivity contribution < 1.29 is 14.7 Å². The van der Waals surface area contributed by atoms with Gasteiger partial charge in [0.05, 0.1) is 12.0 Å². The fourth-order valence-electron chi connectivity index (χ4n) is 2.87. The number of likely N-dealkylation sites (tertiary alicyclic amines) is 1. The van der Waals surface area contributed by atoms with Gasteiger partial charge < -0.3 is 20.2 Å². The van der Waals surface area contributed by atoms with Gasteiger partial charge in [-0.1, -0.05) is 12.2 Å². The molecule has 1 aliphatic heterocycles. The van der Waals surface area contributed by atoms with Gasteiger partial charge in [0.2, 0.25) is 0 Å². The average molecular weight is 281 g/mol. The van der Waals surface area contributed by atoms with Crippen molar-refractivity contribution in [2.24, 2.45) is 5.92 Å². The quantitative estimate of drug-likeness (QED) is 0.746. The fraction of sp³-hybridized carbons (Fsp3) is 0.714. The van der Waals surface area contributed by atoms with Crippen molar-refractivity contribution in [3.8, 4) is 0 Å². The molecule has 0 aromatic carbocycles. The maximum atomic E-state index is 12.1. The lowest BCUT2D eigenvalue weighted by atomic mass is 10.1. The van der Waals surface area contributed by atoms with Crippen LogP contribution in [0.1, 0.15) is 19.3 Å². The van der Waals surface area contributed by atoms with Crippen LogP contribution >= 0.6 is 0 Å². The van der Waals surface area contributed by atoms with Gasteiger partial charge in [-0.25, -0.2) is 4.79 Å². The summed E-state index contributed by atoms with van der Waals surface area (Å²) in [4.78, 5) is 26.9. The highest BCUT2D eigenvalue weighted by Gasteiger charge is 2.28. The molecule has 0 radical (unpaired) electrons. The van der Waals surface area contributed by atoms with Gasteiger partial charge in [-0.2, -0.15) is 0 Å². The number of amides is 2. The van der Waals surface area contributed by atoms with Crippen molar-refractivity contribution in [2.75, 3.05) is 27.2 Å². The minimum atomic E-state index is -0.834. The van der Waals surface area contributed by atoms with Gasteiger partial charge in [-0.15, -0.1) is 0 Å². The second-order valence-electron chi connectivity index (χ2n) is 5.78. The molecule has 0 saturated carbocycles. The second-order valence-corrected chi connectivity index (χ2v) is 5.78. The van der Waals surface area contributed by atoms with E-state index in [-0.39, 0.29) is 12.1 Å². The molecular weight excluding hydrogens is 258 g/mol. The van der Waals surface area contributed by atoms with Crippen molar-refractivity contribution in [3.05, 3.63) is 12.2 Å². The van der Waals surface area contributed by atoms with Crippen molar-refractivity contribution >= 4 is 12.0 Å². The van der Waals surface area contributed by atoms with Crippen LogP contribution in [0.2, 0.25) is 0 Å². The second kappa shape index (κ2) is 6.26. The van der Waals surface area contributed by atoms with Gasteiger partial charge in [0, 0.05) is 19.6 Å². The highest BCUT2D eigenvalue weighted by atomic mass is 16.4. The van der Waals surface area contributed by atoms with E-state index in [0.717, 1.165) is 13.0 Å². The number of carbonyl (C=O) groups is 2. The van der Waals surface area contributed by atoms with Gasteiger partial charge in [-0.3, -0.25) is 4.79 Å². The highest BCUT2D eigenvalue weighted by Crippen LogP contribution is 2.19. The summed E-state index contributed by atoms with van der Waals surface area (Å²) in [6.07, 6.45) is 6.17. The first-order valence-electron chi connectivity index (χ1n) is 7.10. The monoisotopic (exact) mass is 281 g/mol. The molecule has 2 amide bonds. The Morgan fingerprint density at radius 2 is 2.20 bits per heavy atom. The zero-order valence-corrected chi connectivity index (χ0v) is 12.1. The minimum absolute atomic E-state index is 0.133. The third-order valence-electron chi connectivity index (χ3n) is 4.21. The number of carboxylic acid groups (broad SMARTS) is 1. The first-order chi connectivity index (χ1) is 9.47. The molecule has 0 bridgehead atoms. The van der Waals surface area contributed by atoms with Crippen LogP contribution in [-0.2, 0) is 4.79 Å². The standard InChI is InChI=1S/C14H23N3O3/c1-16-7-3-4-12(16)9-17(2)14(20)15-11-6-5-10(8-11)13(18)19/h5-6,10-12H,3-4,7-9H2,1-2H3,(H,15,20)(H,18,19). The number of rotatable bonds is 4. The number of likely N-dealkylation sites (N-methyl/N-ethyl adjacent to an activating group) is 2. The van der Waals surface area contributed by atoms with Crippen LogP contribution in [0.4, 0.5) is 4.79 Å². The van der Waals surface area contributed by atoms with E-state index >= 15 is 0 Å². The molecular formula is C14H23N3O3. The van der Waals surface area contributed by atoms with Crippen molar-refractivity contribution in [2.45, 2.75) is 31.3 Å². The Morgan fingerprint density at radius 1 is 1.45 bits per heavy atom. The largest absolute Gasteiger partial charge is 0.481 e. The predicted octanol–water partition coefficient (Wildman–Crippen LogP) is 0.751. The highest BCUT2D eigenvalue weighted by molar-refractivity contribution is 5.76. The number of nitrogens with zero attached hydrogens (tertiary/aromatic N) is 2. The zero-order valence-electron chi connectivity index (χ0n) is 12.1. The Morgan fingerprint density at radius 3 is 2.75 bits per heavy atom. The molecule has 3 unspecified atom stereocenters. The molecule has 0 aromatic heterocycles. The summed E-state index contributed by atoms with van der Waals surface area (Å²) < 4.78 is 0. The van der Waals surface area contributed by atoms with Crippen LogP contribution in [0.15, 0.2) is 12.2 Å². The smallest absolute Gasteiger partial charge is 0.317 e.